The lowest BCUT2D eigenvalue weighted by molar-refractivity contribution is -0.129. The van der Waals surface area contributed by atoms with Crippen LogP contribution in [-0.2, 0) is 9.53 Å². The van der Waals surface area contributed by atoms with Gasteiger partial charge in [-0.25, -0.2) is 0 Å². The summed E-state index contributed by atoms with van der Waals surface area (Å²) in [7, 11) is 1.72. The SMILES string of the molecule is CCCC1CC(N2CCNCC2C(=O)NC)CCO1. The molecule has 0 radical (unpaired) electrons. The van der Waals surface area contributed by atoms with E-state index in [0.717, 1.165) is 51.9 Å². The van der Waals surface area contributed by atoms with Crippen LogP contribution in [0.25, 0.3) is 0 Å². The minimum absolute atomic E-state index is 0.0240. The minimum atomic E-state index is -0.0240. The van der Waals surface area contributed by atoms with Gasteiger partial charge < -0.3 is 15.4 Å². The van der Waals surface area contributed by atoms with Crippen molar-refractivity contribution in [2.75, 3.05) is 33.3 Å². The molecule has 0 aromatic carbocycles. The first-order chi connectivity index (χ1) is 9.26. The Labute approximate surface area is 116 Å². The molecule has 2 rings (SSSR count). The van der Waals surface area contributed by atoms with E-state index in [1.54, 1.807) is 7.05 Å². The average molecular weight is 269 g/mol. The van der Waals surface area contributed by atoms with Gasteiger partial charge in [-0.15, -0.1) is 0 Å². The molecule has 0 aromatic heterocycles. The van der Waals surface area contributed by atoms with Gasteiger partial charge in [-0.3, -0.25) is 9.69 Å². The number of carbonyl (C=O) groups is 1. The van der Waals surface area contributed by atoms with Gasteiger partial charge in [0.25, 0.3) is 0 Å². The molecule has 3 atom stereocenters. The van der Waals surface area contributed by atoms with Crippen LogP contribution >= 0.6 is 0 Å². The van der Waals surface area contributed by atoms with Crippen molar-refractivity contribution < 1.29 is 9.53 Å². The Morgan fingerprint density at radius 1 is 1.53 bits per heavy atom. The number of amides is 1. The highest BCUT2D eigenvalue weighted by Gasteiger charge is 2.35. The zero-order valence-electron chi connectivity index (χ0n) is 12.2. The van der Waals surface area contributed by atoms with Crippen molar-refractivity contribution in [3.05, 3.63) is 0 Å². The maximum absolute atomic E-state index is 12.0. The highest BCUT2D eigenvalue weighted by atomic mass is 16.5. The van der Waals surface area contributed by atoms with E-state index in [1.807, 2.05) is 0 Å². The predicted octanol–water partition coefficient (Wildman–Crippen LogP) is 0.354. The molecule has 2 saturated heterocycles. The van der Waals surface area contributed by atoms with Crippen LogP contribution in [0.4, 0.5) is 0 Å². The highest BCUT2D eigenvalue weighted by Crippen LogP contribution is 2.24. The van der Waals surface area contributed by atoms with Crippen molar-refractivity contribution in [3.63, 3.8) is 0 Å². The first-order valence-electron chi connectivity index (χ1n) is 7.56. The fraction of sp³-hybridized carbons (Fsp3) is 0.929. The minimum Gasteiger partial charge on any atom is -0.378 e. The zero-order chi connectivity index (χ0) is 13.7. The number of likely N-dealkylation sites (N-methyl/N-ethyl adjacent to an activating group) is 1. The van der Waals surface area contributed by atoms with E-state index >= 15 is 0 Å². The largest absolute Gasteiger partial charge is 0.378 e. The van der Waals surface area contributed by atoms with Gasteiger partial charge in [0.1, 0.15) is 6.04 Å². The van der Waals surface area contributed by atoms with Gasteiger partial charge in [0, 0.05) is 39.3 Å². The Balaban J connectivity index is 1.98. The second-order valence-electron chi connectivity index (χ2n) is 5.53. The molecule has 2 aliphatic rings. The molecular formula is C14H27N3O2. The summed E-state index contributed by atoms with van der Waals surface area (Å²) in [5, 5.41) is 6.11. The molecule has 0 aliphatic carbocycles. The summed E-state index contributed by atoms with van der Waals surface area (Å²) in [6.45, 7) is 5.73. The number of hydrogen-bond acceptors (Lipinski definition) is 4. The van der Waals surface area contributed by atoms with Crippen molar-refractivity contribution in [1.82, 2.24) is 15.5 Å². The van der Waals surface area contributed by atoms with Gasteiger partial charge in [-0.05, 0) is 19.3 Å². The topological polar surface area (TPSA) is 53.6 Å². The van der Waals surface area contributed by atoms with E-state index in [1.165, 1.54) is 0 Å². The first kappa shape index (κ1) is 14.8. The maximum Gasteiger partial charge on any atom is 0.238 e. The van der Waals surface area contributed by atoms with E-state index in [4.69, 9.17) is 4.74 Å². The number of nitrogens with zero attached hydrogens (tertiary/aromatic N) is 1. The first-order valence-corrected chi connectivity index (χ1v) is 7.56. The van der Waals surface area contributed by atoms with E-state index in [-0.39, 0.29) is 11.9 Å². The Morgan fingerprint density at radius 2 is 2.37 bits per heavy atom. The Morgan fingerprint density at radius 3 is 3.11 bits per heavy atom. The Bertz CT molecular complexity index is 296. The molecule has 5 nitrogen and oxygen atoms in total. The van der Waals surface area contributed by atoms with Crippen LogP contribution in [-0.4, -0.2) is 62.3 Å². The monoisotopic (exact) mass is 269 g/mol. The van der Waals surface area contributed by atoms with E-state index < -0.39 is 0 Å². The molecule has 2 fully saturated rings. The van der Waals surface area contributed by atoms with Crippen LogP contribution in [0.5, 0.6) is 0 Å². The summed E-state index contributed by atoms with van der Waals surface area (Å²) in [6, 6.07) is 0.471. The number of ether oxygens (including phenoxy) is 1. The molecule has 0 saturated carbocycles. The normalized spacial score (nSPS) is 33.1. The molecule has 1 amide bonds. The summed E-state index contributed by atoms with van der Waals surface area (Å²) in [4.78, 5) is 14.4. The third-order valence-corrected chi connectivity index (χ3v) is 4.25. The van der Waals surface area contributed by atoms with Crippen molar-refractivity contribution in [1.29, 1.82) is 0 Å². The van der Waals surface area contributed by atoms with Gasteiger partial charge in [0.15, 0.2) is 0 Å². The Hall–Kier alpha value is -0.650. The number of carbonyl (C=O) groups excluding carboxylic acids is 1. The fourth-order valence-electron chi connectivity index (χ4n) is 3.25. The third-order valence-electron chi connectivity index (χ3n) is 4.25. The molecule has 0 aromatic rings. The summed E-state index contributed by atoms with van der Waals surface area (Å²) >= 11 is 0. The van der Waals surface area contributed by atoms with Crippen LogP contribution < -0.4 is 10.6 Å². The summed E-state index contributed by atoms with van der Waals surface area (Å²) in [5.74, 6) is 0.130. The second-order valence-corrected chi connectivity index (χ2v) is 5.53. The number of nitrogens with one attached hydrogen (secondary N) is 2. The zero-order valence-corrected chi connectivity index (χ0v) is 12.2. The molecule has 5 heteroatoms. The third kappa shape index (κ3) is 3.68. The van der Waals surface area contributed by atoms with Crippen LogP contribution in [0.3, 0.4) is 0 Å². The molecule has 0 spiro atoms. The molecule has 2 N–H and O–H groups in total. The molecule has 2 aliphatic heterocycles. The highest BCUT2D eigenvalue weighted by molar-refractivity contribution is 5.81. The van der Waals surface area contributed by atoms with Gasteiger partial charge in [0.2, 0.25) is 5.91 Å². The number of hydrogen-bond donors (Lipinski definition) is 2. The standard InChI is InChI=1S/C14H27N3O2/c1-3-4-12-9-11(5-8-19-12)17-7-6-16-10-13(17)14(18)15-2/h11-13,16H,3-10H2,1-2H3,(H,15,18). The van der Waals surface area contributed by atoms with Crippen molar-refractivity contribution >= 4 is 5.91 Å². The van der Waals surface area contributed by atoms with E-state index in [2.05, 4.69) is 22.5 Å². The van der Waals surface area contributed by atoms with Gasteiger partial charge >= 0.3 is 0 Å². The van der Waals surface area contributed by atoms with Crippen molar-refractivity contribution in [3.8, 4) is 0 Å². The van der Waals surface area contributed by atoms with E-state index in [0.29, 0.717) is 12.1 Å². The lowest BCUT2D eigenvalue weighted by atomic mass is 9.96. The fourth-order valence-corrected chi connectivity index (χ4v) is 3.25. The maximum atomic E-state index is 12.0. The second kappa shape index (κ2) is 7.22. The predicted molar refractivity (Wildman–Crippen MR) is 75.1 cm³/mol. The van der Waals surface area contributed by atoms with Crippen molar-refractivity contribution in [2.45, 2.75) is 50.8 Å². The quantitative estimate of drug-likeness (QED) is 0.773. The lowest BCUT2D eigenvalue weighted by Crippen LogP contribution is -2.61. The summed E-state index contributed by atoms with van der Waals surface area (Å²) in [5.41, 5.74) is 0. The molecular weight excluding hydrogens is 242 g/mol. The molecule has 110 valence electrons. The van der Waals surface area contributed by atoms with Gasteiger partial charge in [-0.1, -0.05) is 13.3 Å². The van der Waals surface area contributed by atoms with Crippen LogP contribution in [0.1, 0.15) is 32.6 Å². The van der Waals surface area contributed by atoms with Crippen molar-refractivity contribution in [2.24, 2.45) is 0 Å². The smallest absolute Gasteiger partial charge is 0.238 e. The lowest BCUT2D eigenvalue weighted by Gasteiger charge is -2.43. The summed E-state index contributed by atoms with van der Waals surface area (Å²) < 4.78 is 5.82. The van der Waals surface area contributed by atoms with E-state index in [9.17, 15) is 4.79 Å². The number of piperazine rings is 1. The van der Waals surface area contributed by atoms with Crippen LogP contribution in [0.2, 0.25) is 0 Å². The average Bonchev–Trinajstić information content (AvgIpc) is 2.47. The molecule has 0 bridgehead atoms. The molecule has 3 unspecified atom stereocenters. The van der Waals surface area contributed by atoms with Gasteiger partial charge in [-0.2, -0.15) is 0 Å². The van der Waals surface area contributed by atoms with Crippen LogP contribution in [0, 0.1) is 0 Å². The Kier molecular flexibility index (Phi) is 5.60. The number of rotatable bonds is 4. The molecule has 2 heterocycles. The van der Waals surface area contributed by atoms with Crippen LogP contribution in [0.15, 0.2) is 0 Å². The summed E-state index contributed by atoms with van der Waals surface area (Å²) in [6.07, 6.45) is 4.80. The van der Waals surface area contributed by atoms with Gasteiger partial charge in [0.05, 0.1) is 6.10 Å². The molecule has 19 heavy (non-hydrogen) atoms.